The van der Waals surface area contributed by atoms with Gasteiger partial charge in [-0.3, -0.25) is 18.3 Å². The molecule has 3 rings (SSSR count). The Balaban J connectivity index is 1.75. The van der Waals surface area contributed by atoms with Crippen molar-refractivity contribution in [3.8, 4) is 0 Å². The number of aromatic nitrogens is 4. The van der Waals surface area contributed by atoms with Crippen LogP contribution in [0.2, 0.25) is 0 Å². The molecule has 22 heteroatoms. The molecule has 2 aromatic rings. The maximum absolute atomic E-state index is 12.0. The van der Waals surface area contributed by atoms with Crippen LogP contribution >= 0.6 is 45.1 Å². The van der Waals surface area contributed by atoms with Gasteiger partial charge in [-0.1, -0.05) is 21.6 Å². The molecule has 0 amide bonds. The lowest BCUT2D eigenvalue weighted by Crippen LogP contribution is -2.31. The van der Waals surface area contributed by atoms with Crippen molar-refractivity contribution in [1.82, 2.24) is 19.5 Å². The normalized spacial score (nSPS) is 26.7. The van der Waals surface area contributed by atoms with Gasteiger partial charge in [0.2, 0.25) is 0 Å². The van der Waals surface area contributed by atoms with E-state index in [0.29, 0.717) is 11.2 Å². The summed E-state index contributed by atoms with van der Waals surface area (Å²) in [4.78, 5) is 54.5. The van der Waals surface area contributed by atoms with Gasteiger partial charge in [0.05, 0.1) is 19.0 Å². The minimum absolute atomic E-state index is 0.142. The molecule has 7 atom stereocenters. The van der Waals surface area contributed by atoms with Crippen molar-refractivity contribution < 1.29 is 55.9 Å². The maximum atomic E-state index is 12.0. The summed E-state index contributed by atoms with van der Waals surface area (Å²) in [6, 6.07) is 0. The lowest BCUT2D eigenvalue weighted by atomic mass is 10.2. The van der Waals surface area contributed by atoms with Crippen molar-refractivity contribution in [1.29, 1.82) is 0 Å². The molecule has 1 aliphatic heterocycles. The number of nitrogens with zero attached hydrogens (tertiary/aromatic N) is 4. The molecule has 0 saturated carbocycles. The van der Waals surface area contributed by atoms with E-state index in [1.165, 1.54) is 38.8 Å². The number of hydrogen-bond acceptors (Lipinski definition) is 17. The molecule has 1 saturated heterocycles. The first-order valence-corrected chi connectivity index (χ1v) is 16.4. The van der Waals surface area contributed by atoms with Crippen LogP contribution in [-0.2, 0) is 36.3 Å². The van der Waals surface area contributed by atoms with Crippen LogP contribution in [0.15, 0.2) is 12.7 Å². The Morgan fingerprint density at radius 3 is 2.63 bits per heavy atom. The van der Waals surface area contributed by atoms with Crippen molar-refractivity contribution in [3.63, 3.8) is 0 Å². The lowest BCUT2D eigenvalue weighted by molar-refractivity contribution is -0.250. The van der Waals surface area contributed by atoms with Crippen LogP contribution in [0.3, 0.4) is 0 Å². The van der Waals surface area contributed by atoms with Gasteiger partial charge < -0.3 is 39.3 Å². The number of nitrogens with two attached hydrogens (primary N) is 1. The van der Waals surface area contributed by atoms with Crippen LogP contribution in [0.1, 0.15) is 19.6 Å². The van der Waals surface area contributed by atoms with Gasteiger partial charge >= 0.3 is 0 Å². The fourth-order valence-electron chi connectivity index (χ4n) is 3.10. The maximum Gasteiger partial charge on any atom is 0.280 e. The van der Waals surface area contributed by atoms with E-state index in [9.17, 15) is 28.4 Å². The summed E-state index contributed by atoms with van der Waals surface area (Å²) < 4.78 is 58.7. The van der Waals surface area contributed by atoms with Gasteiger partial charge in [-0.25, -0.2) is 23.6 Å². The minimum Gasteiger partial charge on any atom is -0.756 e. The van der Waals surface area contributed by atoms with Gasteiger partial charge in [-0.05, 0) is 13.2 Å². The highest BCUT2D eigenvalue weighted by Gasteiger charge is 2.40. The smallest absolute Gasteiger partial charge is 0.280 e. The van der Waals surface area contributed by atoms with Gasteiger partial charge in [0.25, 0.3) is 23.5 Å². The predicted molar refractivity (Wildman–Crippen MR) is 117 cm³/mol. The largest absolute Gasteiger partial charge is 0.756 e. The summed E-state index contributed by atoms with van der Waals surface area (Å²) in [6.45, 7) is 0.992. The third-order valence-corrected chi connectivity index (χ3v) is 9.93. The topological polar surface area (TPSA) is 256 Å². The van der Waals surface area contributed by atoms with Gasteiger partial charge in [-0.2, -0.15) is 0 Å². The average Bonchev–Trinajstić information content (AvgIpc) is 3.28. The quantitative estimate of drug-likeness (QED) is 0.184. The second-order valence-electron chi connectivity index (χ2n) is 6.77. The van der Waals surface area contributed by atoms with Gasteiger partial charge in [0.15, 0.2) is 11.5 Å². The van der Waals surface area contributed by atoms with Crippen molar-refractivity contribution >= 4 is 62.0 Å². The number of phosphoric acid groups is 3. The molecule has 0 spiro atoms. The number of hydrogen-bond donors (Lipinski definition) is 2. The summed E-state index contributed by atoms with van der Waals surface area (Å²) in [7, 11) is -14.7. The Morgan fingerprint density at radius 1 is 1.26 bits per heavy atom. The first-order chi connectivity index (χ1) is 16.2. The Kier molecular flexibility index (Phi) is 9.44. The molecule has 198 valence electrons. The van der Waals surface area contributed by atoms with Crippen LogP contribution in [0.25, 0.3) is 11.2 Å². The van der Waals surface area contributed by atoms with Crippen LogP contribution in [0.5, 0.6) is 0 Å². The van der Waals surface area contributed by atoms with E-state index in [-0.39, 0.29) is 17.7 Å². The number of rotatable bonds is 12. The fourth-order valence-corrected chi connectivity index (χ4v) is 7.41. The zero-order valence-electron chi connectivity index (χ0n) is 17.8. The van der Waals surface area contributed by atoms with E-state index in [0.717, 1.165) is 0 Å². The molecule has 1 fully saturated rings. The van der Waals surface area contributed by atoms with E-state index >= 15 is 0 Å². The molecule has 17 nitrogen and oxygen atoms in total. The van der Waals surface area contributed by atoms with Crippen LogP contribution in [0, 0.1) is 0 Å². The molecular formula is C13H19N5O12P3S2-3. The standard InChI is InChI=1S/C13H22N5O12P3S2/c1-7(35-34-2)27-8-3-10(18-6-17-11-12(14)15-5-16-13(11)18)28-9(8)4-26-32(22,23)30-33(24,25)29-31(19,20)21/h5-10H,3-4H2,1-2H3,(H,22,23)(H,24,25)(H2,14,15,16)(H2,19,20,21)/p-3/t7-,8+,9+,10+/m0/s1. The molecule has 0 aromatic carbocycles. The lowest BCUT2D eigenvalue weighted by Gasteiger charge is -2.33. The first kappa shape index (κ1) is 28.9. The first-order valence-electron chi connectivity index (χ1n) is 9.36. The Bertz CT molecular complexity index is 1180. The number of imidazole rings is 1. The van der Waals surface area contributed by atoms with Crippen molar-refractivity contribution in [3.05, 3.63) is 12.7 Å². The number of anilines is 1. The van der Waals surface area contributed by atoms with E-state index < -0.39 is 48.5 Å². The highest BCUT2D eigenvalue weighted by Crippen LogP contribution is 2.61. The number of nitrogen functional groups attached to an aromatic ring is 1. The monoisotopic (exact) mass is 594 g/mol. The SMILES string of the molecule is CSS[C@@H](C)O[C@@H]1C[C@H](n2cnc3c(N)ncnc32)O[C@@H]1COP(=O)([O-])OP(=O)([O-])OP(=O)([O-])O. The second kappa shape index (κ2) is 11.4. The van der Waals surface area contributed by atoms with Crippen molar-refractivity contribution in [2.75, 3.05) is 18.6 Å². The molecule has 3 N–H and O–H groups in total. The molecule has 1 aliphatic rings. The van der Waals surface area contributed by atoms with Crippen molar-refractivity contribution in [2.24, 2.45) is 0 Å². The van der Waals surface area contributed by atoms with Gasteiger partial charge in [0, 0.05) is 6.42 Å². The highest BCUT2D eigenvalue weighted by atomic mass is 33.1. The van der Waals surface area contributed by atoms with E-state index in [1.807, 2.05) is 6.26 Å². The van der Waals surface area contributed by atoms with Crippen LogP contribution in [-0.4, -0.2) is 54.9 Å². The summed E-state index contributed by atoms with van der Waals surface area (Å²) in [5, 5.41) is 0. The van der Waals surface area contributed by atoms with E-state index in [1.54, 1.807) is 6.92 Å². The fraction of sp³-hybridized carbons (Fsp3) is 0.615. The molecule has 0 radical (unpaired) electrons. The highest BCUT2D eigenvalue weighted by molar-refractivity contribution is 8.76. The molecule has 35 heavy (non-hydrogen) atoms. The minimum atomic E-state index is -6.02. The summed E-state index contributed by atoms with van der Waals surface area (Å²) in [5.41, 5.74) is 6.12. The molecular weight excluding hydrogens is 575 g/mol. The Morgan fingerprint density at radius 2 is 1.97 bits per heavy atom. The third kappa shape index (κ3) is 8.18. The molecule has 3 unspecified atom stereocenters. The average molecular weight is 594 g/mol. The number of ether oxygens (including phenoxy) is 2. The predicted octanol–water partition coefficient (Wildman–Crippen LogP) is -0.114. The van der Waals surface area contributed by atoms with Gasteiger partial charge in [0.1, 0.15) is 29.6 Å². The zero-order valence-corrected chi connectivity index (χ0v) is 22.2. The Hall–Kier alpha value is -0.620. The molecule has 0 aliphatic carbocycles. The number of fused-ring (bicyclic) bond motifs is 1. The van der Waals surface area contributed by atoms with Crippen LogP contribution < -0.4 is 20.4 Å². The van der Waals surface area contributed by atoms with E-state index in [2.05, 4.69) is 28.1 Å². The summed E-state index contributed by atoms with van der Waals surface area (Å²) >= 11 is 0. The van der Waals surface area contributed by atoms with E-state index in [4.69, 9.17) is 20.1 Å². The van der Waals surface area contributed by atoms with Crippen molar-refractivity contribution in [2.45, 2.75) is 37.2 Å². The zero-order chi connectivity index (χ0) is 26.0. The van der Waals surface area contributed by atoms with Crippen LogP contribution in [0.4, 0.5) is 5.82 Å². The summed E-state index contributed by atoms with van der Waals surface area (Å²) in [5.74, 6) is 0.142. The second-order valence-corrected chi connectivity index (χ2v) is 13.8. The van der Waals surface area contributed by atoms with Gasteiger partial charge in [-0.15, -0.1) is 0 Å². The Labute approximate surface area is 205 Å². The molecule has 0 bridgehead atoms. The summed E-state index contributed by atoms with van der Waals surface area (Å²) in [6.07, 6.45) is 2.13. The third-order valence-electron chi connectivity index (χ3n) is 4.28. The number of phosphoric ester groups is 1. The molecule has 2 aromatic heterocycles. The molecule has 3 heterocycles.